The highest BCUT2D eigenvalue weighted by atomic mass is 32.2. The van der Waals surface area contributed by atoms with Crippen molar-refractivity contribution in [3.63, 3.8) is 0 Å². The summed E-state index contributed by atoms with van der Waals surface area (Å²) in [5.41, 5.74) is 2.82. The van der Waals surface area contributed by atoms with Crippen LogP contribution in [0, 0.1) is 6.92 Å². The number of aryl methyl sites for hydroxylation is 1. The molecule has 28 heavy (non-hydrogen) atoms. The molecule has 0 unspecified atom stereocenters. The lowest BCUT2D eigenvalue weighted by atomic mass is 10.1. The van der Waals surface area contributed by atoms with E-state index in [0.29, 0.717) is 22.3 Å². The first-order valence-electron chi connectivity index (χ1n) is 8.85. The van der Waals surface area contributed by atoms with Gasteiger partial charge in [-0.05, 0) is 32.0 Å². The Balaban J connectivity index is 1.45. The van der Waals surface area contributed by atoms with E-state index in [1.165, 1.54) is 11.8 Å². The Labute approximate surface area is 167 Å². The van der Waals surface area contributed by atoms with Gasteiger partial charge in [0.1, 0.15) is 0 Å². The van der Waals surface area contributed by atoms with Crippen LogP contribution in [0.15, 0.2) is 47.6 Å². The molecule has 3 aromatic rings. The summed E-state index contributed by atoms with van der Waals surface area (Å²) in [5.74, 6) is 1.97. The van der Waals surface area contributed by atoms with Crippen LogP contribution in [0.4, 0.5) is 5.69 Å². The van der Waals surface area contributed by atoms with Crippen molar-refractivity contribution in [1.29, 1.82) is 0 Å². The van der Waals surface area contributed by atoms with Gasteiger partial charge in [-0.3, -0.25) is 4.79 Å². The maximum Gasteiger partial charge on any atom is 0.237 e. The summed E-state index contributed by atoms with van der Waals surface area (Å²) in [6, 6.07) is 13.4. The molecule has 0 saturated carbocycles. The number of aromatic nitrogens is 3. The third kappa shape index (κ3) is 3.68. The molecule has 0 fully saturated rings. The van der Waals surface area contributed by atoms with Gasteiger partial charge in [0, 0.05) is 24.4 Å². The summed E-state index contributed by atoms with van der Waals surface area (Å²) in [6.07, 6.45) is 0. The molecule has 2 heterocycles. The average molecular weight is 396 g/mol. The van der Waals surface area contributed by atoms with Gasteiger partial charge in [0.05, 0.1) is 5.25 Å². The van der Waals surface area contributed by atoms with Gasteiger partial charge in [-0.1, -0.05) is 35.5 Å². The number of rotatable bonds is 5. The fourth-order valence-electron chi connectivity index (χ4n) is 2.88. The SMILES string of the molecule is Cc1cccc(-c2nnc(S[C@H](C)C(=O)Nc3ccc4c(c3)OCO4)n2C)c1. The standard InChI is InChI=1S/C20H20N4O3S/c1-12-5-4-6-14(9-12)18-22-23-20(24(18)3)28-13(2)19(25)21-15-7-8-16-17(10-15)27-11-26-16/h4-10,13H,11H2,1-3H3,(H,21,25)/t13-/m1/s1. The van der Waals surface area contributed by atoms with E-state index >= 15 is 0 Å². The lowest BCUT2D eigenvalue weighted by molar-refractivity contribution is -0.115. The molecular formula is C20H20N4O3S. The Morgan fingerprint density at radius 1 is 1.18 bits per heavy atom. The Bertz CT molecular complexity index is 1030. The molecule has 4 rings (SSSR count). The zero-order chi connectivity index (χ0) is 19.7. The molecule has 1 amide bonds. The monoisotopic (exact) mass is 396 g/mol. The summed E-state index contributed by atoms with van der Waals surface area (Å²) in [5, 5.41) is 11.8. The smallest absolute Gasteiger partial charge is 0.237 e. The molecule has 2 aromatic carbocycles. The third-order valence-electron chi connectivity index (χ3n) is 4.40. The second-order valence-corrected chi connectivity index (χ2v) is 7.86. The van der Waals surface area contributed by atoms with Crippen molar-refractivity contribution in [2.24, 2.45) is 7.05 Å². The predicted octanol–water partition coefficient (Wildman–Crippen LogP) is 3.64. The van der Waals surface area contributed by atoms with E-state index in [2.05, 4.69) is 21.6 Å². The molecule has 0 saturated heterocycles. The number of nitrogens with zero attached hydrogens (tertiary/aromatic N) is 3. The summed E-state index contributed by atoms with van der Waals surface area (Å²) < 4.78 is 12.5. The fourth-order valence-corrected chi connectivity index (χ4v) is 3.70. The van der Waals surface area contributed by atoms with Crippen LogP contribution in [0.25, 0.3) is 11.4 Å². The number of carbonyl (C=O) groups is 1. The van der Waals surface area contributed by atoms with Crippen molar-refractivity contribution >= 4 is 23.4 Å². The quantitative estimate of drug-likeness (QED) is 0.664. The van der Waals surface area contributed by atoms with Crippen LogP contribution >= 0.6 is 11.8 Å². The van der Waals surface area contributed by atoms with Crippen LogP contribution < -0.4 is 14.8 Å². The Kier molecular flexibility index (Phi) is 4.95. The van der Waals surface area contributed by atoms with Gasteiger partial charge in [0.15, 0.2) is 22.5 Å². The highest BCUT2D eigenvalue weighted by molar-refractivity contribution is 8.00. The zero-order valence-electron chi connectivity index (χ0n) is 15.8. The predicted molar refractivity (Wildman–Crippen MR) is 108 cm³/mol. The highest BCUT2D eigenvalue weighted by Crippen LogP contribution is 2.34. The summed E-state index contributed by atoms with van der Waals surface area (Å²) in [7, 11) is 1.91. The molecule has 8 heteroatoms. The van der Waals surface area contributed by atoms with E-state index in [-0.39, 0.29) is 18.0 Å². The number of anilines is 1. The van der Waals surface area contributed by atoms with E-state index in [0.717, 1.165) is 17.0 Å². The molecular weight excluding hydrogens is 376 g/mol. The molecule has 0 aliphatic carbocycles. The van der Waals surface area contributed by atoms with Crippen LogP contribution in [0.1, 0.15) is 12.5 Å². The summed E-state index contributed by atoms with van der Waals surface area (Å²) in [4.78, 5) is 12.6. The minimum Gasteiger partial charge on any atom is -0.454 e. The number of benzene rings is 2. The van der Waals surface area contributed by atoms with Gasteiger partial charge in [-0.15, -0.1) is 10.2 Å². The van der Waals surface area contributed by atoms with Crippen molar-refractivity contribution in [1.82, 2.24) is 14.8 Å². The van der Waals surface area contributed by atoms with Crippen molar-refractivity contribution in [2.75, 3.05) is 12.1 Å². The van der Waals surface area contributed by atoms with Gasteiger partial charge in [-0.25, -0.2) is 0 Å². The van der Waals surface area contributed by atoms with Gasteiger partial charge in [-0.2, -0.15) is 0 Å². The van der Waals surface area contributed by atoms with E-state index in [1.54, 1.807) is 18.2 Å². The van der Waals surface area contributed by atoms with Crippen LogP contribution in [0.3, 0.4) is 0 Å². The van der Waals surface area contributed by atoms with E-state index in [1.807, 2.05) is 43.7 Å². The largest absolute Gasteiger partial charge is 0.454 e. The minimum absolute atomic E-state index is 0.121. The molecule has 7 nitrogen and oxygen atoms in total. The summed E-state index contributed by atoms with van der Waals surface area (Å²) >= 11 is 1.36. The number of ether oxygens (including phenoxy) is 2. The minimum atomic E-state index is -0.348. The topological polar surface area (TPSA) is 78.3 Å². The van der Waals surface area contributed by atoms with Crippen LogP contribution in [-0.4, -0.2) is 32.7 Å². The lowest BCUT2D eigenvalue weighted by Crippen LogP contribution is -2.22. The van der Waals surface area contributed by atoms with Crippen molar-refractivity contribution in [2.45, 2.75) is 24.3 Å². The van der Waals surface area contributed by atoms with Gasteiger partial charge >= 0.3 is 0 Å². The second kappa shape index (κ2) is 7.55. The first kappa shape index (κ1) is 18.4. The Morgan fingerprint density at radius 3 is 2.82 bits per heavy atom. The molecule has 144 valence electrons. The number of nitrogens with one attached hydrogen (secondary N) is 1. The van der Waals surface area contributed by atoms with Crippen LogP contribution in [0.5, 0.6) is 11.5 Å². The molecule has 0 bridgehead atoms. The number of amides is 1. The Morgan fingerprint density at radius 2 is 2.00 bits per heavy atom. The van der Waals surface area contributed by atoms with Gasteiger partial charge < -0.3 is 19.4 Å². The van der Waals surface area contributed by atoms with Crippen LogP contribution in [0.2, 0.25) is 0 Å². The maximum atomic E-state index is 12.6. The first-order valence-corrected chi connectivity index (χ1v) is 9.73. The second-order valence-electron chi connectivity index (χ2n) is 6.55. The zero-order valence-corrected chi connectivity index (χ0v) is 16.6. The number of carbonyl (C=O) groups excluding carboxylic acids is 1. The molecule has 1 aliphatic rings. The van der Waals surface area contributed by atoms with Crippen molar-refractivity contribution in [3.8, 4) is 22.9 Å². The molecule has 0 spiro atoms. The fraction of sp³-hybridized carbons (Fsp3) is 0.250. The van der Waals surface area contributed by atoms with E-state index in [4.69, 9.17) is 9.47 Å². The lowest BCUT2D eigenvalue weighted by Gasteiger charge is -2.12. The maximum absolute atomic E-state index is 12.6. The average Bonchev–Trinajstić information content (AvgIpc) is 3.28. The molecule has 1 N–H and O–H groups in total. The third-order valence-corrected chi connectivity index (χ3v) is 5.54. The Hall–Kier alpha value is -3.00. The molecule has 1 aliphatic heterocycles. The number of fused-ring (bicyclic) bond motifs is 1. The van der Waals surface area contributed by atoms with E-state index in [9.17, 15) is 4.79 Å². The van der Waals surface area contributed by atoms with Crippen LogP contribution in [-0.2, 0) is 11.8 Å². The van der Waals surface area contributed by atoms with E-state index < -0.39 is 0 Å². The molecule has 1 aromatic heterocycles. The summed E-state index contributed by atoms with van der Waals surface area (Å²) in [6.45, 7) is 4.08. The molecule has 0 radical (unpaired) electrons. The first-order chi connectivity index (χ1) is 13.5. The number of hydrogen-bond donors (Lipinski definition) is 1. The van der Waals surface area contributed by atoms with Gasteiger partial charge in [0.25, 0.3) is 0 Å². The number of hydrogen-bond acceptors (Lipinski definition) is 6. The normalized spacial score (nSPS) is 13.4. The molecule has 1 atom stereocenters. The number of thioether (sulfide) groups is 1. The highest BCUT2D eigenvalue weighted by Gasteiger charge is 2.21. The van der Waals surface area contributed by atoms with Crippen molar-refractivity contribution in [3.05, 3.63) is 48.0 Å². The van der Waals surface area contributed by atoms with Gasteiger partial charge in [0.2, 0.25) is 12.7 Å². The van der Waals surface area contributed by atoms with Crippen molar-refractivity contribution < 1.29 is 14.3 Å².